The number of ether oxygens (including phenoxy) is 3. The highest BCUT2D eigenvalue weighted by Crippen LogP contribution is 2.35. The quantitative estimate of drug-likeness (QED) is 0.735. The fourth-order valence-electron chi connectivity index (χ4n) is 3.30. The van der Waals surface area contributed by atoms with E-state index in [4.69, 9.17) is 14.2 Å². The summed E-state index contributed by atoms with van der Waals surface area (Å²) in [5.41, 5.74) is 0. The molecule has 0 aromatic rings. The maximum atomic E-state index is 5.78. The fraction of sp³-hybridized carbons (Fsp3) is 1.00. The summed E-state index contributed by atoms with van der Waals surface area (Å²) in [4.78, 5) is 0. The third kappa shape index (κ3) is 2.01. The number of fused-ring (bicyclic) bond motifs is 1. The molecule has 3 rings (SSSR count). The minimum Gasteiger partial charge on any atom is -0.381 e. The van der Waals surface area contributed by atoms with Gasteiger partial charge in [0.25, 0.3) is 0 Å². The highest BCUT2D eigenvalue weighted by molar-refractivity contribution is 4.89. The molecule has 0 aromatic carbocycles. The van der Waals surface area contributed by atoms with Crippen LogP contribution in [0.5, 0.6) is 0 Å². The Morgan fingerprint density at radius 1 is 1.00 bits per heavy atom. The standard InChI is InChI=1S/C13H22O3/c1-9-6-14-7-10(9)2-3-11-8-16-12-4-5-15-13(11)12/h9-13H,2-8H2,1H3/t9-,10-,11-,12?,13?/m1/s1. The van der Waals surface area contributed by atoms with E-state index in [1.54, 1.807) is 0 Å². The zero-order chi connectivity index (χ0) is 11.0. The Hall–Kier alpha value is -0.120. The zero-order valence-corrected chi connectivity index (χ0v) is 10.1. The van der Waals surface area contributed by atoms with Crippen molar-refractivity contribution in [3.05, 3.63) is 0 Å². The monoisotopic (exact) mass is 226 g/mol. The van der Waals surface area contributed by atoms with Crippen LogP contribution in [0.15, 0.2) is 0 Å². The summed E-state index contributed by atoms with van der Waals surface area (Å²) in [7, 11) is 0. The Balaban J connectivity index is 1.48. The van der Waals surface area contributed by atoms with Gasteiger partial charge in [0.1, 0.15) is 0 Å². The molecule has 0 aliphatic carbocycles. The second kappa shape index (κ2) is 4.63. The summed E-state index contributed by atoms with van der Waals surface area (Å²) in [6.07, 6.45) is 4.44. The third-order valence-corrected chi connectivity index (χ3v) is 4.49. The van der Waals surface area contributed by atoms with Crippen LogP contribution in [0.3, 0.4) is 0 Å². The van der Waals surface area contributed by atoms with Crippen molar-refractivity contribution in [2.45, 2.75) is 38.4 Å². The van der Waals surface area contributed by atoms with Crippen LogP contribution in [0.2, 0.25) is 0 Å². The van der Waals surface area contributed by atoms with Crippen LogP contribution in [-0.4, -0.2) is 38.6 Å². The Morgan fingerprint density at radius 3 is 2.69 bits per heavy atom. The highest BCUT2D eigenvalue weighted by atomic mass is 16.6. The Labute approximate surface area is 97.4 Å². The Kier molecular flexibility index (Phi) is 3.18. The lowest BCUT2D eigenvalue weighted by Gasteiger charge is -2.19. The van der Waals surface area contributed by atoms with Gasteiger partial charge in [-0.05, 0) is 31.1 Å². The SMILES string of the molecule is C[C@@H]1COC[C@H]1CC[C@@H]1COC2CCOC21. The van der Waals surface area contributed by atoms with Gasteiger partial charge >= 0.3 is 0 Å². The lowest BCUT2D eigenvalue weighted by atomic mass is 9.88. The van der Waals surface area contributed by atoms with Gasteiger partial charge in [-0.25, -0.2) is 0 Å². The molecule has 3 saturated heterocycles. The summed E-state index contributed by atoms with van der Waals surface area (Å²) >= 11 is 0. The summed E-state index contributed by atoms with van der Waals surface area (Å²) < 4.78 is 17.1. The first-order valence-electron chi connectivity index (χ1n) is 6.65. The topological polar surface area (TPSA) is 27.7 Å². The largest absolute Gasteiger partial charge is 0.381 e. The van der Waals surface area contributed by atoms with Crippen molar-refractivity contribution in [1.29, 1.82) is 0 Å². The molecule has 3 aliphatic rings. The molecule has 0 amide bonds. The van der Waals surface area contributed by atoms with E-state index in [0.717, 1.165) is 44.7 Å². The molecule has 0 saturated carbocycles. The lowest BCUT2D eigenvalue weighted by Crippen LogP contribution is -2.23. The Morgan fingerprint density at radius 2 is 1.88 bits per heavy atom. The molecule has 0 radical (unpaired) electrons. The van der Waals surface area contributed by atoms with E-state index in [0.29, 0.717) is 18.1 Å². The molecular formula is C13H22O3. The fourth-order valence-corrected chi connectivity index (χ4v) is 3.30. The molecule has 5 atom stereocenters. The average molecular weight is 226 g/mol. The van der Waals surface area contributed by atoms with Crippen molar-refractivity contribution in [2.24, 2.45) is 17.8 Å². The lowest BCUT2D eigenvalue weighted by molar-refractivity contribution is 0.0607. The minimum atomic E-state index is 0.401. The molecule has 0 bridgehead atoms. The van der Waals surface area contributed by atoms with E-state index in [1.165, 1.54) is 12.8 Å². The molecule has 3 nitrogen and oxygen atoms in total. The second-order valence-corrected chi connectivity index (χ2v) is 5.61. The summed E-state index contributed by atoms with van der Waals surface area (Å²) in [5.74, 6) is 2.14. The molecule has 2 unspecified atom stereocenters. The molecule has 16 heavy (non-hydrogen) atoms. The van der Waals surface area contributed by atoms with Crippen molar-refractivity contribution in [3.63, 3.8) is 0 Å². The van der Waals surface area contributed by atoms with Gasteiger partial charge in [-0.1, -0.05) is 6.92 Å². The van der Waals surface area contributed by atoms with Crippen LogP contribution in [0.4, 0.5) is 0 Å². The molecule has 0 spiro atoms. The second-order valence-electron chi connectivity index (χ2n) is 5.61. The first-order valence-corrected chi connectivity index (χ1v) is 6.65. The van der Waals surface area contributed by atoms with Gasteiger partial charge in [-0.15, -0.1) is 0 Å². The smallest absolute Gasteiger partial charge is 0.0887 e. The van der Waals surface area contributed by atoms with E-state index in [-0.39, 0.29) is 0 Å². The first-order chi connectivity index (χ1) is 7.84. The van der Waals surface area contributed by atoms with Gasteiger partial charge < -0.3 is 14.2 Å². The van der Waals surface area contributed by atoms with Crippen LogP contribution >= 0.6 is 0 Å². The molecular weight excluding hydrogens is 204 g/mol. The molecule has 0 N–H and O–H groups in total. The third-order valence-electron chi connectivity index (χ3n) is 4.49. The van der Waals surface area contributed by atoms with E-state index in [1.807, 2.05) is 0 Å². The number of rotatable bonds is 3. The Bertz CT molecular complexity index is 243. The van der Waals surface area contributed by atoms with E-state index >= 15 is 0 Å². The van der Waals surface area contributed by atoms with Crippen molar-refractivity contribution in [1.82, 2.24) is 0 Å². The molecule has 3 aliphatic heterocycles. The van der Waals surface area contributed by atoms with E-state index in [2.05, 4.69) is 6.92 Å². The van der Waals surface area contributed by atoms with Crippen molar-refractivity contribution in [2.75, 3.05) is 26.4 Å². The van der Waals surface area contributed by atoms with Crippen molar-refractivity contribution < 1.29 is 14.2 Å². The number of hydrogen-bond donors (Lipinski definition) is 0. The van der Waals surface area contributed by atoms with Gasteiger partial charge in [0.15, 0.2) is 0 Å². The molecule has 92 valence electrons. The normalized spacial score (nSPS) is 47.4. The maximum absolute atomic E-state index is 5.78. The van der Waals surface area contributed by atoms with Gasteiger partial charge in [-0.3, -0.25) is 0 Å². The molecule has 0 aromatic heterocycles. The summed E-state index contributed by atoms with van der Waals surface area (Å²) in [6.45, 7) is 6.03. The maximum Gasteiger partial charge on any atom is 0.0887 e. The summed E-state index contributed by atoms with van der Waals surface area (Å²) in [6, 6.07) is 0. The van der Waals surface area contributed by atoms with Crippen LogP contribution in [0.1, 0.15) is 26.2 Å². The zero-order valence-electron chi connectivity index (χ0n) is 10.1. The van der Waals surface area contributed by atoms with Crippen LogP contribution in [0, 0.1) is 17.8 Å². The average Bonchev–Trinajstić information content (AvgIpc) is 2.92. The minimum absolute atomic E-state index is 0.401. The van der Waals surface area contributed by atoms with E-state index in [9.17, 15) is 0 Å². The van der Waals surface area contributed by atoms with Gasteiger partial charge in [0, 0.05) is 25.7 Å². The van der Waals surface area contributed by atoms with Crippen LogP contribution in [-0.2, 0) is 14.2 Å². The first kappa shape index (κ1) is 11.0. The van der Waals surface area contributed by atoms with Gasteiger partial charge in [0.05, 0.1) is 18.8 Å². The predicted molar refractivity (Wildman–Crippen MR) is 60.3 cm³/mol. The number of hydrogen-bond acceptors (Lipinski definition) is 3. The van der Waals surface area contributed by atoms with Crippen molar-refractivity contribution in [3.8, 4) is 0 Å². The van der Waals surface area contributed by atoms with Crippen LogP contribution in [0.25, 0.3) is 0 Å². The van der Waals surface area contributed by atoms with E-state index < -0.39 is 0 Å². The van der Waals surface area contributed by atoms with Gasteiger partial charge in [0.2, 0.25) is 0 Å². The van der Waals surface area contributed by atoms with Gasteiger partial charge in [-0.2, -0.15) is 0 Å². The van der Waals surface area contributed by atoms with Crippen LogP contribution < -0.4 is 0 Å². The van der Waals surface area contributed by atoms with Crippen molar-refractivity contribution >= 4 is 0 Å². The highest BCUT2D eigenvalue weighted by Gasteiger charge is 2.41. The molecule has 3 heteroatoms. The molecule has 3 heterocycles. The predicted octanol–water partition coefficient (Wildman–Crippen LogP) is 1.85. The summed E-state index contributed by atoms with van der Waals surface area (Å²) in [5, 5.41) is 0. The molecule has 3 fully saturated rings.